The predicted octanol–water partition coefficient (Wildman–Crippen LogP) is 2.40. The lowest BCUT2D eigenvalue weighted by Crippen LogP contribution is -2.58. The van der Waals surface area contributed by atoms with E-state index in [4.69, 9.17) is 0 Å². The van der Waals surface area contributed by atoms with Gasteiger partial charge in [0, 0.05) is 77.4 Å². The summed E-state index contributed by atoms with van der Waals surface area (Å²) in [5.41, 5.74) is 2.80. The van der Waals surface area contributed by atoms with Gasteiger partial charge in [0.2, 0.25) is 11.8 Å². The van der Waals surface area contributed by atoms with Gasteiger partial charge in [-0.15, -0.1) is 10.2 Å². The van der Waals surface area contributed by atoms with Gasteiger partial charge in [-0.2, -0.15) is 0 Å². The number of benzene rings is 2. The van der Waals surface area contributed by atoms with Crippen LogP contribution in [-0.2, 0) is 9.59 Å². The number of amides is 4. The average molecular weight is 750 g/mol. The standard InChI is InChI=1S/C40H44FN9O5/c41-30-13-25-26(40(55)50(39(25)54)32-5-6-36(52)43-38(32)53)14-33(30)48-9-7-22(8-10-48)17-47-20-28-27(29(28)21-47)19-46-11-12-49-23(18-46)16-42-37-34(49)15-31(44-45-37)24-3-1-2-4-35(24)51/h1-4,13-15,22-23,27-29,32,51H,5-12,16-21H2,(H,42,45)(H,43,52,53)/t23-,27?,28?,29?,32?/m0/s1. The molecule has 4 atom stereocenters. The number of phenolic OH excluding ortho intramolecular Hbond substituents is 1. The Balaban J connectivity index is 0.698. The molecule has 10 rings (SSSR count). The number of piperidine rings is 3. The zero-order valence-electron chi connectivity index (χ0n) is 30.5. The third-order valence-electron chi connectivity index (χ3n) is 13.2. The summed E-state index contributed by atoms with van der Waals surface area (Å²) >= 11 is 0. The minimum atomic E-state index is -1.08. The van der Waals surface area contributed by atoms with E-state index < -0.39 is 35.5 Å². The van der Waals surface area contributed by atoms with E-state index in [0.29, 0.717) is 42.0 Å². The summed E-state index contributed by atoms with van der Waals surface area (Å²) in [5.74, 6) is 0.783. The van der Waals surface area contributed by atoms with Crippen molar-refractivity contribution in [1.29, 1.82) is 0 Å². The molecule has 1 aromatic heterocycles. The summed E-state index contributed by atoms with van der Waals surface area (Å²) in [6.45, 7) is 9.58. The highest BCUT2D eigenvalue weighted by molar-refractivity contribution is 6.23. The van der Waals surface area contributed by atoms with Crippen molar-refractivity contribution in [3.05, 3.63) is 59.4 Å². The van der Waals surface area contributed by atoms with E-state index in [-0.39, 0.29) is 29.7 Å². The molecule has 0 radical (unpaired) electrons. The molecule has 4 saturated heterocycles. The Morgan fingerprint density at radius 3 is 2.33 bits per heavy atom. The maximum Gasteiger partial charge on any atom is 0.262 e. The average Bonchev–Trinajstić information content (AvgIpc) is 3.50. The van der Waals surface area contributed by atoms with E-state index in [1.807, 2.05) is 23.1 Å². The zero-order chi connectivity index (χ0) is 37.5. The van der Waals surface area contributed by atoms with Gasteiger partial charge >= 0.3 is 0 Å². The third kappa shape index (κ3) is 5.98. The van der Waals surface area contributed by atoms with Crippen LogP contribution >= 0.6 is 0 Å². The fourth-order valence-electron chi connectivity index (χ4n) is 10.2. The minimum Gasteiger partial charge on any atom is -0.507 e. The van der Waals surface area contributed by atoms with Crippen molar-refractivity contribution in [2.45, 2.75) is 37.8 Å². The number of likely N-dealkylation sites (tertiary alicyclic amines) is 1. The van der Waals surface area contributed by atoms with Gasteiger partial charge in [-0.3, -0.25) is 34.3 Å². The first-order valence-corrected chi connectivity index (χ1v) is 19.6. The molecule has 7 heterocycles. The molecule has 1 saturated carbocycles. The van der Waals surface area contributed by atoms with Crippen molar-refractivity contribution >= 4 is 40.8 Å². The van der Waals surface area contributed by atoms with E-state index in [0.717, 1.165) is 105 Å². The Labute approximate surface area is 317 Å². The molecule has 15 heteroatoms. The molecule has 4 amide bonds. The van der Waals surface area contributed by atoms with Crippen LogP contribution in [0.5, 0.6) is 5.75 Å². The normalized spacial score (nSPS) is 28.1. The van der Waals surface area contributed by atoms with Crippen molar-refractivity contribution in [2.75, 3.05) is 80.6 Å². The number of anilines is 3. The second kappa shape index (κ2) is 13.3. The molecule has 14 nitrogen and oxygen atoms in total. The summed E-state index contributed by atoms with van der Waals surface area (Å²) in [5, 5.41) is 24.9. The van der Waals surface area contributed by atoms with Crippen molar-refractivity contribution in [3.63, 3.8) is 0 Å². The highest BCUT2D eigenvalue weighted by Crippen LogP contribution is 2.52. The van der Waals surface area contributed by atoms with Crippen LogP contribution in [0.15, 0.2) is 42.5 Å². The van der Waals surface area contributed by atoms with Gasteiger partial charge in [-0.25, -0.2) is 4.39 Å². The number of imide groups is 2. The topological polar surface area (TPSA) is 155 Å². The molecule has 3 aromatic rings. The van der Waals surface area contributed by atoms with Crippen LogP contribution in [0.4, 0.5) is 21.6 Å². The molecule has 286 valence electrons. The van der Waals surface area contributed by atoms with Gasteiger partial charge < -0.3 is 25.1 Å². The van der Waals surface area contributed by atoms with Gasteiger partial charge in [0.05, 0.1) is 34.2 Å². The lowest BCUT2D eigenvalue weighted by molar-refractivity contribution is -0.136. The second-order valence-corrected chi connectivity index (χ2v) is 16.4. The molecule has 3 unspecified atom stereocenters. The number of halogens is 1. The number of carbonyl (C=O) groups is 4. The number of rotatable bonds is 7. The third-order valence-corrected chi connectivity index (χ3v) is 13.2. The molecular formula is C40H44FN9O5. The lowest BCUT2D eigenvalue weighted by atomic mass is 9.95. The number of para-hydroxylation sites is 1. The van der Waals surface area contributed by atoms with Crippen molar-refractivity contribution < 1.29 is 28.7 Å². The number of nitrogens with zero attached hydrogens (tertiary/aromatic N) is 7. The van der Waals surface area contributed by atoms with Crippen molar-refractivity contribution in [1.82, 2.24) is 30.2 Å². The maximum absolute atomic E-state index is 15.5. The summed E-state index contributed by atoms with van der Waals surface area (Å²) in [4.78, 5) is 61.0. The Morgan fingerprint density at radius 1 is 0.800 bits per heavy atom. The number of nitrogens with one attached hydrogen (secondary N) is 2. The van der Waals surface area contributed by atoms with Crippen LogP contribution in [-0.4, -0.2) is 131 Å². The van der Waals surface area contributed by atoms with E-state index in [2.05, 4.69) is 35.5 Å². The first kappa shape index (κ1) is 34.3. The monoisotopic (exact) mass is 749 g/mol. The van der Waals surface area contributed by atoms with Crippen LogP contribution in [0.1, 0.15) is 46.4 Å². The van der Waals surface area contributed by atoms with Crippen LogP contribution in [0.25, 0.3) is 11.3 Å². The zero-order valence-corrected chi connectivity index (χ0v) is 30.5. The number of carbonyl (C=O) groups excluding carboxylic acids is 4. The number of phenols is 1. The second-order valence-electron chi connectivity index (χ2n) is 16.4. The Bertz CT molecular complexity index is 2100. The number of hydrogen-bond acceptors (Lipinski definition) is 12. The highest BCUT2D eigenvalue weighted by atomic mass is 19.1. The van der Waals surface area contributed by atoms with Crippen LogP contribution in [0, 0.1) is 29.5 Å². The van der Waals surface area contributed by atoms with Gasteiger partial charge in [0.1, 0.15) is 17.6 Å². The highest BCUT2D eigenvalue weighted by Gasteiger charge is 2.56. The van der Waals surface area contributed by atoms with E-state index in [9.17, 15) is 24.3 Å². The Hall–Kier alpha value is -5.15. The predicted molar refractivity (Wildman–Crippen MR) is 200 cm³/mol. The molecule has 55 heavy (non-hydrogen) atoms. The number of hydrogen-bond donors (Lipinski definition) is 3. The molecule has 0 spiro atoms. The summed E-state index contributed by atoms with van der Waals surface area (Å²) in [7, 11) is 0. The van der Waals surface area contributed by atoms with Gasteiger partial charge in [0.15, 0.2) is 5.82 Å². The summed E-state index contributed by atoms with van der Waals surface area (Å²) in [6, 6.07) is 11.2. The fraction of sp³-hybridized carbons (Fsp3) is 0.500. The number of aromatic nitrogens is 2. The van der Waals surface area contributed by atoms with E-state index >= 15 is 4.39 Å². The number of piperazine rings is 1. The van der Waals surface area contributed by atoms with E-state index in [1.165, 1.54) is 6.07 Å². The molecular weight excluding hydrogens is 705 g/mol. The molecule has 1 aliphatic carbocycles. The smallest absolute Gasteiger partial charge is 0.262 e. The Kier molecular flexibility index (Phi) is 8.28. The van der Waals surface area contributed by atoms with Crippen molar-refractivity contribution in [3.8, 4) is 17.0 Å². The Morgan fingerprint density at radius 2 is 1.56 bits per heavy atom. The van der Waals surface area contributed by atoms with E-state index in [1.54, 1.807) is 12.1 Å². The van der Waals surface area contributed by atoms with Crippen LogP contribution < -0.4 is 20.4 Å². The van der Waals surface area contributed by atoms with Gasteiger partial charge in [-0.1, -0.05) is 12.1 Å². The molecule has 0 bridgehead atoms. The maximum atomic E-state index is 15.5. The number of fused-ring (bicyclic) bond motifs is 5. The van der Waals surface area contributed by atoms with Crippen LogP contribution in [0.3, 0.4) is 0 Å². The summed E-state index contributed by atoms with van der Waals surface area (Å²) in [6.07, 6.45) is 1.94. The van der Waals surface area contributed by atoms with Gasteiger partial charge in [0.25, 0.3) is 11.8 Å². The number of aromatic hydroxyl groups is 1. The first-order chi connectivity index (χ1) is 26.7. The van der Waals surface area contributed by atoms with Gasteiger partial charge in [-0.05, 0) is 73.3 Å². The molecule has 3 N–H and O–H groups in total. The first-order valence-electron chi connectivity index (χ1n) is 19.6. The lowest BCUT2D eigenvalue weighted by Gasteiger charge is -2.46. The minimum absolute atomic E-state index is 0.0342. The SMILES string of the molecule is O=C1CCC(N2C(=O)c3cc(F)c(N4CCC(CN5CC6C(C5)C6CN5CCN6c7cc(-c8ccccc8O)nnc7NC[C@H]6C5)CC4)cc3C2=O)C(=O)N1. The molecule has 7 aliphatic rings. The fourth-order valence-corrected chi connectivity index (χ4v) is 10.2. The van der Waals surface area contributed by atoms with Crippen molar-refractivity contribution in [2.24, 2.45) is 23.7 Å². The molecule has 6 aliphatic heterocycles. The quantitative estimate of drug-likeness (QED) is 0.304. The summed E-state index contributed by atoms with van der Waals surface area (Å²) < 4.78 is 15.5. The molecule has 2 aromatic carbocycles. The largest absolute Gasteiger partial charge is 0.507 e. The van der Waals surface area contributed by atoms with Crippen LogP contribution in [0.2, 0.25) is 0 Å². The molecule has 5 fully saturated rings.